The maximum Gasteiger partial charge on any atom is 0.173 e. The number of aromatic amines is 1. The highest BCUT2D eigenvalue weighted by Crippen LogP contribution is 2.31. The number of aromatic nitrogens is 4. The van der Waals surface area contributed by atoms with Crippen LogP contribution >= 0.6 is 27.7 Å². The van der Waals surface area contributed by atoms with Crippen LogP contribution in [0.1, 0.15) is 18.4 Å². The number of imidazole rings is 1. The lowest BCUT2D eigenvalue weighted by atomic mass is 10.2. The number of fused-ring (bicyclic) bond motifs is 1. The number of benzene rings is 1. The zero-order chi connectivity index (χ0) is 17.8. The van der Waals surface area contributed by atoms with Gasteiger partial charge in [-0.05, 0) is 24.1 Å². The van der Waals surface area contributed by atoms with Crippen LogP contribution in [0, 0.1) is 17.8 Å². The fourth-order valence-corrected chi connectivity index (χ4v) is 3.84. The third-order valence-electron chi connectivity index (χ3n) is 3.62. The van der Waals surface area contributed by atoms with Crippen molar-refractivity contribution in [3.8, 4) is 12.3 Å². The van der Waals surface area contributed by atoms with Crippen molar-refractivity contribution in [2.24, 2.45) is 0 Å². The third kappa shape index (κ3) is 3.95. The first kappa shape index (κ1) is 17.7. The molecule has 0 spiro atoms. The molecular weight excluding hydrogens is 402 g/mol. The van der Waals surface area contributed by atoms with E-state index in [4.69, 9.17) is 11.8 Å². The molecule has 2 aromatic heterocycles. The van der Waals surface area contributed by atoms with E-state index in [0.29, 0.717) is 29.3 Å². The summed E-state index contributed by atoms with van der Waals surface area (Å²) in [5.74, 6) is 2.62. The van der Waals surface area contributed by atoms with Crippen LogP contribution in [0.4, 0.5) is 0 Å². The van der Waals surface area contributed by atoms with Gasteiger partial charge in [-0.3, -0.25) is 5.41 Å². The minimum Gasteiger partial charge on any atom is -0.392 e. The summed E-state index contributed by atoms with van der Waals surface area (Å²) in [6.45, 7) is 0.648. The van der Waals surface area contributed by atoms with Gasteiger partial charge in [0.1, 0.15) is 5.52 Å². The van der Waals surface area contributed by atoms with E-state index in [1.54, 1.807) is 6.33 Å². The molecule has 0 aliphatic carbocycles. The van der Waals surface area contributed by atoms with E-state index in [-0.39, 0.29) is 12.1 Å². The second kappa shape index (κ2) is 7.87. The number of nitrogens with zero attached hydrogens (tertiary/aromatic N) is 3. The van der Waals surface area contributed by atoms with Crippen LogP contribution in [0.5, 0.6) is 0 Å². The van der Waals surface area contributed by atoms with Gasteiger partial charge in [0.2, 0.25) is 0 Å². The Morgan fingerprint density at radius 3 is 3.04 bits per heavy atom. The monoisotopic (exact) mass is 417 g/mol. The number of hydrogen-bond acceptors (Lipinski definition) is 5. The molecule has 128 valence electrons. The fourth-order valence-electron chi connectivity index (χ4n) is 2.38. The number of unbranched alkanes of at least 4 members (excludes halogenated alkanes) is 1. The summed E-state index contributed by atoms with van der Waals surface area (Å²) < 4.78 is 2.83. The quantitative estimate of drug-likeness (QED) is 0.424. The number of nitrogens with one attached hydrogen (secondary N) is 2. The lowest BCUT2D eigenvalue weighted by Crippen LogP contribution is -2.12. The largest absolute Gasteiger partial charge is 0.392 e. The number of H-pyrrole nitrogens is 1. The first-order valence-electron chi connectivity index (χ1n) is 7.62. The lowest BCUT2D eigenvalue weighted by molar-refractivity contribution is 0.279. The van der Waals surface area contributed by atoms with Crippen molar-refractivity contribution in [1.29, 1.82) is 5.41 Å². The van der Waals surface area contributed by atoms with Crippen LogP contribution in [0.15, 0.2) is 39.1 Å². The van der Waals surface area contributed by atoms with Gasteiger partial charge >= 0.3 is 0 Å². The molecule has 6 nitrogen and oxygen atoms in total. The molecular formula is C17H16BrN5OS. The Kier molecular flexibility index (Phi) is 5.58. The van der Waals surface area contributed by atoms with E-state index in [2.05, 4.69) is 36.8 Å². The summed E-state index contributed by atoms with van der Waals surface area (Å²) in [5, 5.41) is 18.2. The molecule has 0 saturated carbocycles. The van der Waals surface area contributed by atoms with Crippen LogP contribution in [0.2, 0.25) is 0 Å². The molecule has 2 heterocycles. The molecule has 3 N–H and O–H groups in total. The number of halogens is 1. The smallest absolute Gasteiger partial charge is 0.173 e. The topological polar surface area (TPSA) is 90.6 Å². The van der Waals surface area contributed by atoms with Crippen LogP contribution in [-0.2, 0) is 13.2 Å². The second-order valence-corrected chi connectivity index (χ2v) is 7.29. The normalized spacial score (nSPS) is 10.9. The number of aliphatic hydroxyl groups is 1. The zero-order valence-electron chi connectivity index (χ0n) is 13.3. The van der Waals surface area contributed by atoms with Crippen molar-refractivity contribution in [2.75, 3.05) is 0 Å². The summed E-state index contributed by atoms with van der Waals surface area (Å²) in [4.78, 5) is 12.8. The molecule has 0 radical (unpaired) electrons. The molecule has 0 aliphatic heterocycles. The Morgan fingerprint density at radius 1 is 1.44 bits per heavy atom. The molecule has 0 aliphatic rings. The molecule has 25 heavy (non-hydrogen) atoms. The van der Waals surface area contributed by atoms with E-state index >= 15 is 0 Å². The van der Waals surface area contributed by atoms with Gasteiger partial charge in [0, 0.05) is 22.3 Å². The molecule has 0 bridgehead atoms. The lowest BCUT2D eigenvalue weighted by Gasteiger charge is -2.05. The number of terminal acetylenes is 1. The number of aliphatic hydroxyl groups excluding tert-OH is 1. The molecule has 0 saturated heterocycles. The fraction of sp³-hybridized carbons (Fsp3) is 0.235. The molecule has 1 aromatic carbocycles. The highest BCUT2D eigenvalue weighted by Gasteiger charge is 2.12. The highest BCUT2D eigenvalue weighted by atomic mass is 79.9. The van der Waals surface area contributed by atoms with E-state index in [1.807, 2.05) is 22.8 Å². The van der Waals surface area contributed by atoms with Crippen molar-refractivity contribution in [3.05, 3.63) is 40.1 Å². The van der Waals surface area contributed by atoms with Gasteiger partial charge in [-0.25, -0.2) is 9.97 Å². The molecule has 0 unspecified atom stereocenters. The molecule has 3 aromatic rings. The molecule has 0 atom stereocenters. The predicted octanol–water partition coefficient (Wildman–Crippen LogP) is 3.06. The van der Waals surface area contributed by atoms with Crippen molar-refractivity contribution >= 4 is 38.9 Å². The molecule has 8 heteroatoms. The van der Waals surface area contributed by atoms with Crippen LogP contribution in [-0.4, -0.2) is 24.6 Å². The zero-order valence-corrected chi connectivity index (χ0v) is 15.7. The average Bonchev–Trinajstić information content (AvgIpc) is 3.02. The van der Waals surface area contributed by atoms with E-state index in [9.17, 15) is 5.11 Å². The van der Waals surface area contributed by atoms with E-state index in [1.165, 1.54) is 11.8 Å². The molecule has 0 fully saturated rings. The first-order chi connectivity index (χ1) is 12.1. The SMILES string of the molecule is C#CCCCn1cnc(=N)c2[nH]c(Sc3cc(Br)ccc3CO)nc21. The number of hydrogen-bond donors (Lipinski definition) is 3. The Balaban J connectivity index is 1.97. The summed E-state index contributed by atoms with van der Waals surface area (Å²) in [5.41, 5.74) is 2.24. The summed E-state index contributed by atoms with van der Waals surface area (Å²) >= 11 is 4.86. The van der Waals surface area contributed by atoms with E-state index < -0.39 is 0 Å². The van der Waals surface area contributed by atoms with Gasteiger partial charge in [0.15, 0.2) is 16.3 Å². The van der Waals surface area contributed by atoms with Crippen molar-refractivity contribution in [2.45, 2.75) is 36.0 Å². The maximum atomic E-state index is 9.52. The maximum absolute atomic E-state index is 9.52. The molecule has 0 amide bonds. The van der Waals surface area contributed by atoms with Gasteiger partial charge in [0.05, 0.1) is 12.9 Å². The Morgan fingerprint density at radius 2 is 2.28 bits per heavy atom. The van der Waals surface area contributed by atoms with Crippen LogP contribution < -0.4 is 5.49 Å². The van der Waals surface area contributed by atoms with Gasteiger partial charge in [-0.1, -0.05) is 33.8 Å². The highest BCUT2D eigenvalue weighted by molar-refractivity contribution is 9.10. The predicted molar refractivity (Wildman–Crippen MR) is 100.0 cm³/mol. The van der Waals surface area contributed by atoms with Gasteiger partial charge in [-0.2, -0.15) is 0 Å². The van der Waals surface area contributed by atoms with E-state index in [0.717, 1.165) is 21.4 Å². The summed E-state index contributed by atoms with van der Waals surface area (Å²) in [7, 11) is 0. The summed E-state index contributed by atoms with van der Waals surface area (Å²) in [6.07, 6.45) is 8.43. The first-order valence-corrected chi connectivity index (χ1v) is 9.23. The second-order valence-electron chi connectivity index (χ2n) is 5.35. The Hall–Kier alpha value is -2.08. The summed E-state index contributed by atoms with van der Waals surface area (Å²) in [6, 6.07) is 5.69. The third-order valence-corrected chi connectivity index (χ3v) is 5.10. The van der Waals surface area contributed by atoms with Crippen molar-refractivity contribution in [3.63, 3.8) is 0 Å². The standard InChI is InChI=1S/C17H16BrN5OS/c1-2-3-4-7-23-10-20-15(19)14-16(23)22-17(21-14)25-13-8-12(18)6-5-11(13)9-24/h1,5-6,8,10,19,24H,3-4,7,9H2,(H,21,22). The van der Waals surface area contributed by atoms with Crippen molar-refractivity contribution < 1.29 is 5.11 Å². The number of aryl methyl sites for hydroxylation is 1. The Bertz CT molecular complexity index is 1000. The minimum atomic E-state index is -0.0484. The van der Waals surface area contributed by atoms with Gasteiger partial charge in [-0.15, -0.1) is 12.3 Å². The van der Waals surface area contributed by atoms with Gasteiger partial charge in [0.25, 0.3) is 0 Å². The minimum absolute atomic E-state index is 0.0484. The average molecular weight is 418 g/mol. The van der Waals surface area contributed by atoms with Crippen LogP contribution in [0.3, 0.4) is 0 Å². The molecule has 3 rings (SSSR count). The van der Waals surface area contributed by atoms with Gasteiger partial charge < -0.3 is 14.7 Å². The van der Waals surface area contributed by atoms with Crippen LogP contribution in [0.25, 0.3) is 11.2 Å². The number of rotatable bonds is 6. The Labute approximate surface area is 157 Å². The van der Waals surface area contributed by atoms with Crippen molar-refractivity contribution in [1.82, 2.24) is 19.5 Å².